The van der Waals surface area contributed by atoms with Crippen molar-refractivity contribution >= 4 is 0 Å². The molecule has 19 heavy (non-hydrogen) atoms. The minimum atomic E-state index is -0.504. The molecule has 3 nitrogen and oxygen atoms in total. The summed E-state index contributed by atoms with van der Waals surface area (Å²) >= 11 is 0. The lowest BCUT2D eigenvalue weighted by atomic mass is 10.1. The molecule has 0 radical (unpaired) electrons. The van der Waals surface area contributed by atoms with E-state index < -0.39 is 6.10 Å². The highest BCUT2D eigenvalue weighted by molar-refractivity contribution is 5.36. The number of ether oxygens (including phenoxy) is 1. The van der Waals surface area contributed by atoms with Crippen molar-refractivity contribution in [3.8, 4) is 11.5 Å². The van der Waals surface area contributed by atoms with Gasteiger partial charge in [0.15, 0.2) is 0 Å². The van der Waals surface area contributed by atoms with Gasteiger partial charge in [-0.2, -0.15) is 0 Å². The van der Waals surface area contributed by atoms with Crippen molar-refractivity contribution in [2.24, 2.45) is 0 Å². The highest BCUT2D eigenvalue weighted by Crippen LogP contribution is 2.24. The predicted molar refractivity (Wildman–Crippen MR) is 75.5 cm³/mol. The van der Waals surface area contributed by atoms with Gasteiger partial charge in [0, 0.05) is 0 Å². The van der Waals surface area contributed by atoms with Crippen LogP contribution in [0.5, 0.6) is 11.5 Å². The number of benzene rings is 1. The molecule has 1 aromatic carbocycles. The predicted octanol–water partition coefficient (Wildman–Crippen LogP) is 3.93. The third-order valence-corrected chi connectivity index (χ3v) is 3.20. The summed E-state index contributed by atoms with van der Waals surface area (Å²) in [6.07, 6.45) is 1.80. The zero-order valence-electron chi connectivity index (χ0n) is 11.6. The average molecular weight is 257 g/mol. The van der Waals surface area contributed by atoms with Gasteiger partial charge < -0.3 is 9.84 Å². The van der Waals surface area contributed by atoms with E-state index >= 15 is 0 Å². The Hall–Kier alpha value is -1.87. The first-order valence-electron chi connectivity index (χ1n) is 6.49. The van der Waals surface area contributed by atoms with Crippen molar-refractivity contribution in [1.82, 2.24) is 4.98 Å². The minimum absolute atomic E-state index is 0.504. The Morgan fingerprint density at radius 2 is 1.84 bits per heavy atom. The van der Waals surface area contributed by atoms with Crippen LogP contribution >= 0.6 is 0 Å². The number of pyridine rings is 1. The van der Waals surface area contributed by atoms with Crippen LogP contribution in [0, 0.1) is 13.8 Å². The van der Waals surface area contributed by atoms with E-state index in [4.69, 9.17) is 4.74 Å². The molecule has 0 amide bonds. The van der Waals surface area contributed by atoms with Gasteiger partial charge >= 0.3 is 0 Å². The third-order valence-electron chi connectivity index (χ3n) is 3.20. The zero-order chi connectivity index (χ0) is 13.8. The number of aliphatic hydroxyl groups excluding tert-OH is 1. The van der Waals surface area contributed by atoms with Crippen LogP contribution < -0.4 is 4.74 Å². The van der Waals surface area contributed by atoms with E-state index in [2.05, 4.69) is 18.8 Å². The van der Waals surface area contributed by atoms with Crippen LogP contribution in [0.15, 0.2) is 36.5 Å². The van der Waals surface area contributed by atoms with E-state index in [1.165, 1.54) is 11.1 Å². The monoisotopic (exact) mass is 257 g/mol. The van der Waals surface area contributed by atoms with Crippen LogP contribution in [0.1, 0.15) is 36.3 Å². The first kappa shape index (κ1) is 13.6. The Morgan fingerprint density at radius 1 is 1.11 bits per heavy atom. The highest BCUT2D eigenvalue weighted by Gasteiger charge is 2.06. The van der Waals surface area contributed by atoms with Crippen molar-refractivity contribution in [1.29, 1.82) is 0 Å². The molecule has 1 unspecified atom stereocenters. The maximum Gasteiger partial charge on any atom is 0.145 e. The second-order valence-corrected chi connectivity index (χ2v) is 4.69. The molecule has 0 spiro atoms. The summed E-state index contributed by atoms with van der Waals surface area (Å²) in [5.41, 5.74) is 3.12. The van der Waals surface area contributed by atoms with Crippen molar-refractivity contribution in [2.75, 3.05) is 0 Å². The fraction of sp³-hybridized carbons (Fsp3) is 0.312. The second kappa shape index (κ2) is 5.85. The van der Waals surface area contributed by atoms with Crippen LogP contribution in [-0.4, -0.2) is 10.1 Å². The number of aliphatic hydroxyl groups is 1. The Kier molecular flexibility index (Phi) is 4.17. The molecule has 0 bridgehead atoms. The molecule has 1 atom stereocenters. The van der Waals surface area contributed by atoms with Gasteiger partial charge in [0.1, 0.15) is 11.5 Å². The van der Waals surface area contributed by atoms with Crippen LogP contribution in [0.4, 0.5) is 0 Å². The van der Waals surface area contributed by atoms with Gasteiger partial charge in [0.25, 0.3) is 0 Å². The quantitative estimate of drug-likeness (QED) is 0.902. The van der Waals surface area contributed by atoms with Crippen molar-refractivity contribution < 1.29 is 9.84 Å². The van der Waals surface area contributed by atoms with Gasteiger partial charge in [-0.05, 0) is 55.7 Å². The lowest BCUT2D eigenvalue weighted by Gasteiger charge is -2.10. The molecule has 1 heterocycles. The van der Waals surface area contributed by atoms with Gasteiger partial charge in [-0.3, -0.25) is 4.98 Å². The fourth-order valence-corrected chi connectivity index (χ4v) is 1.77. The summed E-state index contributed by atoms with van der Waals surface area (Å²) in [6.45, 7) is 6.05. The first-order chi connectivity index (χ1) is 9.10. The van der Waals surface area contributed by atoms with E-state index in [1.54, 1.807) is 12.3 Å². The molecule has 3 heteroatoms. The number of aromatic nitrogens is 1. The van der Waals surface area contributed by atoms with Crippen LogP contribution in [0.3, 0.4) is 0 Å². The molecule has 0 saturated carbocycles. The zero-order valence-corrected chi connectivity index (χ0v) is 11.6. The lowest BCUT2D eigenvalue weighted by molar-refractivity contribution is 0.169. The number of aryl methyl sites for hydroxylation is 2. The fourth-order valence-electron chi connectivity index (χ4n) is 1.77. The van der Waals surface area contributed by atoms with Gasteiger partial charge in [0.05, 0.1) is 18.0 Å². The molecule has 1 N–H and O–H groups in total. The Labute approximate surface area is 113 Å². The number of hydrogen-bond acceptors (Lipinski definition) is 3. The molecule has 1 aromatic heterocycles. The van der Waals surface area contributed by atoms with Gasteiger partial charge in [-0.25, -0.2) is 0 Å². The molecule has 0 fully saturated rings. The van der Waals surface area contributed by atoms with Crippen LogP contribution in [0.2, 0.25) is 0 Å². The molecule has 2 rings (SSSR count). The largest absolute Gasteiger partial charge is 0.456 e. The minimum Gasteiger partial charge on any atom is -0.456 e. The molecule has 2 aromatic rings. The topological polar surface area (TPSA) is 42.4 Å². The Bertz CT molecular complexity index is 549. The second-order valence-electron chi connectivity index (χ2n) is 4.69. The van der Waals surface area contributed by atoms with Crippen LogP contribution in [0.25, 0.3) is 0 Å². The summed E-state index contributed by atoms with van der Waals surface area (Å²) < 4.78 is 5.74. The number of rotatable bonds is 4. The van der Waals surface area contributed by atoms with Crippen molar-refractivity contribution in [3.63, 3.8) is 0 Å². The summed E-state index contributed by atoms with van der Waals surface area (Å²) in [5, 5.41) is 9.67. The normalized spacial score (nSPS) is 12.2. The molecular weight excluding hydrogens is 238 g/mol. The molecule has 100 valence electrons. The molecule has 0 aliphatic rings. The van der Waals surface area contributed by atoms with E-state index in [-0.39, 0.29) is 0 Å². The maximum absolute atomic E-state index is 9.67. The molecule has 0 saturated heterocycles. The smallest absolute Gasteiger partial charge is 0.145 e. The average Bonchev–Trinajstić information content (AvgIpc) is 2.43. The number of nitrogens with zero attached hydrogens (tertiary/aromatic N) is 1. The van der Waals surface area contributed by atoms with E-state index in [1.807, 2.05) is 31.2 Å². The summed E-state index contributed by atoms with van der Waals surface area (Å²) in [6, 6.07) is 9.61. The van der Waals surface area contributed by atoms with E-state index in [9.17, 15) is 5.11 Å². The highest BCUT2D eigenvalue weighted by atomic mass is 16.5. The van der Waals surface area contributed by atoms with Crippen LogP contribution in [-0.2, 0) is 0 Å². The first-order valence-corrected chi connectivity index (χ1v) is 6.49. The summed E-state index contributed by atoms with van der Waals surface area (Å²) in [5.74, 6) is 1.48. The maximum atomic E-state index is 9.67. The lowest BCUT2D eigenvalue weighted by Crippen LogP contribution is -1.98. The molecule has 0 aliphatic heterocycles. The Morgan fingerprint density at radius 3 is 2.42 bits per heavy atom. The van der Waals surface area contributed by atoms with Gasteiger partial charge in [0.2, 0.25) is 0 Å². The molecular formula is C16H19NO2. The van der Waals surface area contributed by atoms with Gasteiger partial charge in [-0.1, -0.05) is 13.0 Å². The Balaban J connectivity index is 2.12. The standard InChI is InChI=1S/C16H19NO2/c1-4-16(18)15-8-7-14(10-17-15)19-13-6-5-11(2)12(3)9-13/h5-10,16,18H,4H2,1-3H3. The van der Waals surface area contributed by atoms with Crippen molar-refractivity contribution in [2.45, 2.75) is 33.3 Å². The number of hydrogen-bond donors (Lipinski definition) is 1. The molecule has 0 aliphatic carbocycles. The summed E-state index contributed by atoms with van der Waals surface area (Å²) in [7, 11) is 0. The van der Waals surface area contributed by atoms with Crippen molar-refractivity contribution in [3.05, 3.63) is 53.3 Å². The SMILES string of the molecule is CCC(O)c1ccc(Oc2ccc(C)c(C)c2)cn1. The summed E-state index contributed by atoms with van der Waals surface area (Å²) in [4.78, 5) is 4.21. The van der Waals surface area contributed by atoms with E-state index in [0.29, 0.717) is 17.9 Å². The van der Waals surface area contributed by atoms with Gasteiger partial charge in [-0.15, -0.1) is 0 Å². The third kappa shape index (κ3) is 3.32. The van der Waals surface area contributed by atoms with E-state index in [0.717, 1.165) is 5.75 Å².